The second-order valence-electron chi connectivity index (χ2n) is 6.87. The zero-order valence-electron chi connectivity index (χ0n) is 15.2. The highest BCUT2D eigenvalue weighted by molar-refractivity contribution is 5.73. The molecule has 136 valence electrons. The maximum Gasteiger partial charge on any atom is 0.223 e. The van der Waals surface area contributed by atoms with Gasteiger partial charge in [-0.3, -0.25) is 9.69 Å². The van der Waals surface area contributed by atoms with Crippen molar-refractivity contribution in [1.82, 2.24) is 24.9 Å². The van der Waals surface area contributed by atoms with Gasteiger partial charge in [-0.05, 0) is 6.42 Å². The van der Waals surface area contributed by atoms with E-state index in [1.54, 1.807) is 20.0 Å². The van der Waals surface area contributed by atoms with Crippen LogP contribution in [0.15, 0.2) is 15.1 Å². The third-order valence-electron chi connectivity index (χ3n) is 4.47. The van der Waals surface area contributed by atoms with Crippen molar-refractivity contribution in [3.05, 3.63) is 29.6 Å². The van der Waals surface area contributed by atoms with Gasteiger partial charge in [0.05, 0.1) is 19.3 Å². The summed E-state index contributed by atoms with van der Waals surface area (Å²) in [6, 6.07) is 0.139. The van der Waals surface area contributed by atoms with Gasteiger partial charge in [-0.2, -0.15) is 4.98 Å². The summed E-state index contributed by atoms with van der Waals surface area (Å²) in [5, 5.41) is 3.94. The molecular formula is C17H25N5O3. The molecule has 0 bridgehead atoms. The quantitative estimate of drug-likeness (QED) is 0.790. The Labute approximate surface area is 147 Å². The lowest BCUT2D eigenvalue weighted by molar-refractivity contribution is -0.132. The van der Waals surface area contributed by atoms with Crippen LogP contribution in [0.3, 0.4) is 0 Å². The molecule has 2 aromatic heterocycles. The fraction of sp³-hybridized carbons (Fsp3) is 0.647. The lowest BCUT2D eigenvalue weighted by Gasteiger charge is -2.26. The van der Waals surface area contributed by atoms with Crippen LogP contribution in [0.2, 0.25) is 0 Å². The number of carbonyl (C=O) groups excluding carboxylic acids is 1. The summed E-state index contributed by atoms with van der Waals surface area (Å²) in [5.74, 6) is 3.01. The highest BCUT2D eigenvalue weighted by Gasteiger charge is 2.31. The fourth-order valence-corrected chi connectivity index (χ4v) is 3.12. The molecule has 3 heterocycles. The minimum absolute atomic E-state index is 0.0338. The van der Waals surface area contributed by atoms with Crippen molar-refractivity contribution in [2.45, 2.75) is 59.2 Å². The van der Waals surface area contributed by atoms with Crippen LogP contribution in [0.25, 0.3) is 0 Å². The minimum atomic E-state index is 0.0338. The van der Waals surface area contributed by atoms with Gasteiger partial charge in [0.25, 0.3) is 0 Å². The van der Waals surface area contributed by atoms with Crippen molar-refractivity contribution in [3.8, 4) is 0 Å². The van der Waals surface area contributed by atoms with E-state index in [0.29, 0.717) is 30.7 Å². The Hall–Kier alpha value is -2.22. The van der Waals surface area contributed by atoms with E-state index in [-0.39, 0.29) is 17.9 Å². The van der Waals surface area contributed by atoms with Gasteiger partial charge in [0.1, 0.15) is 5.76 Å². The zero-order chi connectivity index (χ0) is 18.0. The molecule has 0 unspecified atom stereocenters. The number of aryl methyl sites for hydroxylation is 1. The maximum absolute atomic E-state index is 12.1. The molecule has 1 aliphatic rings. The lowest BCUT2D eigenvalue weighted by atomic mass is 10.2. The third-order valence-corrected chi connectivity index (χ3v) is 4.47. The topological polar surface area (TPSA) is 88.5 Å². The number of likely N-dealkylation sites (tertiary alicyclic amines) is 1. The summed E-state index contributed by atoms with van der Waals surface area (Å²) >= 11 is 0. The molecule has 0 saturated carbocycles. The Balaban J connectivity index is 1.61. The second kappa shape index (κ2) is 7.35. The molecule has 1 aliphatic heterocycles. The summed E-state index contributed by atoms with van der Waals surface area (Å²) in [6.45, 7) is 10.2. The number of nitrogens with zero attached hydrogens (tertiary/aromatic N) is 5. The molecule has 0 aliphatic carbocycles. The van der Waals surface area contributed by atoms with Crippen LogP contribution < -0.4 is 0 Å². The SMILES string of the molecule is CC(=O)N(Cc1ncc(C(C)C)o1)[C@H]1CCN(Cc2noc(C)n2)C1. The van der Waals surface area contributed by atoms with Crippen molar-refractivity contribution in [2.24, 2.45) is 0 Å². The van der Waals surface area contributed by atoms with Crippen LogP contribution in [-0.2, 0) is 17.9 Å². The Kier molecular flexibility index (Phi) is 5.17. The standard InChI is InChI=1S/C17H25N5O3/c1-11(2)15-7-18-17(24-15)10-22(13(4)23)14-5-6-21(8-14)9-16-19-12(3)25-20-16/h7,11,14H,5-6,8-10H2,1-4H3/t14-/m0/s1. The molecule has 0 radical (unpaired) electrons. The van der Waals surface area contributed by atoms with Gasteiger partial charge >= 0.3 is 0 Å². The molecule has 2 aromatic rings. The second-order valence-corrected chi connectivity index (χ2v) is 6.87. The van der Waals surface area contributed by atoms with Crippen molar-refractivity contribution >= 4 is 5.91 Å². The number of oxazole rings is 1. The molecule has 0 aromatic carbocycles. The molecule has 1 atom stereocenters. The predicted molar refractivity (Wildman–Crippen MR) is 89.5 cm³/mol. The van der Waals surface area contributed by atoms with Gasteiger partial charge in [-0.15, -0.1) is 0 Å². The van der Waals surface area contributed by atoms with E-state index in [9.17, 15) is 4.79 Å². The first kappa shape index (κ1) is 17.6. The number of carbonyl (C=O) groups is 1. The summed E-state index contributed by atoms with van der Waals surface area (Å²) in [7, 11) is 0. The smallest absolute Gasteiger partial charge is 0.223 e. The Bertz CT molecular complexity index is 723. The van der Waals surface area contributed by atoms with Crippen molar-refractivity contribution < 1.29 is 13.7 Å². The number of hydrogen-bond donors (Lipinski definition) is 0. The molecule has 1 saturated heterocycles. The van der Waals surface area contributed by atoms with E-state index in [2.05, 4.69) is 33.9 Å². The van der Waals surface area contributed by atoms with Crippen molar-refractivity contribution in [3.63, 3.8) is 0 Å². The normalized spacial score (nSPS) is 18.2. The Morgan fingerprint density at radius 3 is 2.88 bits per heavy atom. The van der Waals surface area contributed by atoms with Crippen LogP contribution in [0.1, 0.15) is 56.5 Å². The molecule has 25 heavy (non-hydrogen) atoms. The van der Waals surface area contributed by atoms with Crippen LogP contribution >= 0.6 is 0 Å². The first-order valence-electron chi connectivity index (χ1n) is 8.65. The highest BCUT2D eigenvalue weighted by atomic mass is 16.5. The summed E-state index contributed by atoms with van der Waals surface area (Å²) in [4.78, 5) is 24.8. The fourth-order valence-electron chi connectivity index (χ4n) is 3.12. The van der Waals surface area contributed by atoms with Gasteiger partial charge in [-0.25, -0.2) is 4.98 Å². The summed E-state index contributed by atoms with van der Waals surface area (Å²) < 4.78 is 10.8. The predicted octanol–water partition coefficient (Wildman–Crippen LogP) is 2.11. The Morgan fingerprint density at radius 2 is 2.28 bits per heavy atom. The lowest BCUT2D eigenvalue weighted by Crippen LogP contribution is -2.40. The van der Waals surface area contributed by atoms with E-state index < -0.39 is 0 Å². The van der Waals surface area contributed by atoms with Gasteiger partial charge in [0.2, 0.25) is 17.7 Å². The summed E-state index contributed by atoms with van der Waals surface area (Å²) in [5.41, 5.74) is 0. The first-order chi connectivity index (χ1) is 11.9. The zero-order valence-corrected chi connectivity index (χ0v) is 15.2. The van der Waals surface area contributed by atoms with Crippen LogP contribution in [0.5, 0.6) is 0 Å². The van der Waals surface area contributed by atoms with Gasteiger partial charge in [0, 0.05) is 38.9 Å². The molecule has 1 amide bonds. The Morgan fingerprint density at radius 1 is 1.48 bits per heavy atom. The maximum atomic E-state index is 12.1. The van der Waals surface area contributed by atoms with Gasteiger partial charge in [-0.1, -0.05) is 19.0 Å². The molecule has 1 fully saturated rings. The summed E-state index contributed by atoms with van der Waals surface area (Å²) in [6.07, 6.45) is 2.66. The molecule has 8 nitrogen and oxygen atoms in total. The number of aromatic nitrogens is 3. The largest absolute Gasteiger partial charge is 0.444 e. The average Bonchev–Trinajstić information content (AvgIpc) is 3.26. The van der Waals surface area contributed by atoms with Crippen LogP contribution in [0, 0.1) is 6.92 Å². The number of hydrogen-bond acceptors (Lipinski definition) is 7. The van der Waals surface area contributed by atoms with E-state index in [4.69, 9.17) is 8.94 Å². The monoisotopic (exact) mass is 347 g/mol. The number of rotatable bonds is 6. The highest BCUT2D eigenvalue weighted by Crippen LogP contribution is 2.21. The molecule has 0 spiro atoms. The minimum Gasteiger partial charge on any atom is -0.444 e. The molecule has 3 rings (SSSR count). The van der Waals surface area contributed by atoms with Gasteiger partial charge < -0.3 is 13.8 Å². The molecule has 8 heteroatoms. The first-order valence-corrected chi connectivity index (χ1v) is 8.65. The van der Waals surface area contributed by atoms with E-state index in [1.165, 1.54) is 0 Å². The van der Waals surface area contributed by atoms with Crippen molar-refractivity contribution in [2.75, 3.05) is 13.1 Å². The van der Waals surface area contributed by atoms with Crippen LogP contribution in [-0.4, -0.2) is 50.0 Å². The molecular weight excluding hydrogens is 322 g/mol. The van der Waals surface area contributed by atoms with E-state index >= 15 is 0 Å². The number of amides is 1. The van der Waals surface area contributed by atoms with E-state index in [1.807, 2.05) is 4.90 Å². The molecule has 0 N–H and O–H groups in total. The average molecular weight is 347 g/mol. The van der Waals surface area contributed by atoms with E-state index in [0.717, 1.165) is 25.3 Å². The van der Waals surface area contributed by atoms with Gasteiger partial charge in [0.15, 0.2) is 5.82 Å². The van der Waals surface area contributed by atoms with Crippen LogP contribution in [0.4, 0.5) is 0 Å². The van der Waals surface area contributed by atoms with Crippen molar-refractivity contribution in [1.29, 1.82) is 0 Å². The third kappa shape index (κ3) is 4.25.